The zero-order valence-corrected chi connectivity index (χ0v) is 11.5. The Labute approximate surface area is 104 Å². The van der Waals surface area contributed by atoms with Crippen molar-refractivity contribution in [3.05, 3.63) is 0 Å². The summed E-state index contributed by atoms with van der Waals surface area (Å²) in [7, 11) is 0. The third-order valence-corrected chi connectivity index (χ3v) is 3.71. The van der Waals surface area contributed by atoms with Crippen molar-refractivity contribution >= 4 is 6.09 Å². The summed E-state index contributed by atoms with van der Waals surface area (Å²) in [5.74, 6) is 0. The smallest absolute Gasteiger partial charge is 0.410 e. The molecule has 1 amide bonds. The van der Waals surface area contributed by atoms with Crippen LogP contribution < -0.4 is 5.32 Å². The van der Waals surface area contributed by atoms with Crippen molar-refractivity contribution in [2.75, 3.05) is 13.1 Å². The van der Waals surface area contributed by atoms with Crippen molar-refractivity contribution < 1.29 is 9.53 Å². The monoisotopic (exact) mass is 240 g/mol. The molecular weight excluding hydrogens is 216 g/mol. The topological polar surface area (TPSA) is 41.6 Å². The Balaban J connectivity index is 2.14. The highest BCUT2D eigenvalue weighted by atomic mass is 16.6. The second-order valence-electron chi connectivity index (χ2n) is 6.91. The summed E-state index contributed by atoms with van der Waals surface area (Å²) in [5.41, 5.74) is -0.226. The van der Waals surface area contributed by atoms with E-state index in [9.17, 15) is 4.79 Å². The lowest BCUT2D eigenvalue weighted by atomic mass is 9.84. The van der Waals surface area contributed by atoms with E-state index in [-0.39, 0.29) is 17.6 Å². The van der Waals surface area contributed by atoms with Crippen LogP contribution in [0, 0.1) is 5.41 Å². The molecule has 2 atom stereocenters. The molecule has 4 heteroatoms. The highest BCUT2D eigenvalue weighted by Gasteiger charge is 2.51. The SMILES string of the molecule is CC(C)(C)OC(=O)N1[C@H]2CNC[C@@H]1C(C)(C)C2. The van der Waals surface area contributed by atoms with Gasteiger partial charge in [0, 0.05) is 19.1 Å². The van der Waals surface area contributed by atoms with Crippen LogP contribution in [0.25, 0.3) is 0 Å². The quantitative estimate of drug-likeness (QED) is 0.704. The first kappa shape index (κ1) is 12.7. The van der Waals surface area contributed by atoms with Crippen molar-refractivity contribution in [3.8, 4) is 0 Å². The maximum absolute atomic E-state index is 12.2. The van der Waals surface area contributed by atoms with Crippen molar-refractivity contribution in [1.82, 2.24) is 10.2 Å². The molecule has 98 valence electrons. The molecule has 2 fully saturated rings. The molecule has 0 unspecified atom stereocenters. The van der Waals surface area contributed by atoms with Gasteiger partial charge in [-0.1, -0.05) is 13.8 Å². The van der Waals surface area contributed by atoms with Crippen molar-refractivity contribution in [1.29, 1.82) is 0 Å². The van der Waals surface area contributed by atoms with Crippen LogP contribution in [0.2, 0.25) is 0 Å². The van der Waals surface area contributed by atoms with Gasteiger partial charge in [-0.2, -0.15) is 0 Å². The standard InChI is InChI=1S/C13H24N2O2/c1-12(2,3)17-11(16)15-9-6-13(4,5)10(15)8-14-7-9/h9-10,14H,6-8H2,1-5H3/t9-,10-/m1/s1. The van der Waals surface area contributed by atoms with Crippen LogP contribution in [0.5, 0.6) is 0 Å². The number of fused-ring (bicyclic) bond motifs is 2. The van der Waals surface area contributed by atoms with Crippen LogP contribution in [-0.4, -0.2) is 41.8 Å². The van der Waals surface area contributed by atoms with Gasteiger partial charge in [-0.3, -0.25) is 4.90 Å². The summed E-state index contributed by atoms with van der Waals surface area (Å²) in [6, 6.07) is 0.551. The minimum Gasteiger partial charge on any atom is -0.444 e. The zero-order chi connectivity index (χ0) is 12.8. The summed E-state index contributed by atoms with van der Waals surface area (Å²) in [6.07, 6.45) is 0.906. The molecule has 17 heavy (non-hydrogen) atoms. The summed E-state index contributed by atoms with van der Waals surface area (Å²) in [6.45, 7) is 12.0. The molecule has 4 nitrogen and oxygen atoms in total. The van der Waals surface area contributed by atoms with E-state index in [1.54, 1.807) is 0 Å². The molecule has 0 aromatic heterocycles. The van der Waals surface area contributed by atoms with E-state index in [2.05, 4.69) is 19.2 Å². The zero-order valence-electron chi connectivity index (χ0n) is 11.5. The lowest BCUT2D eigenvalue weighted by Gasteiger charge is -2.38. The maximum Gasteiger partial charge on any atom is 0.410 e. The second kappa shape index (κ2) is 3.87. The second-order valence-corrected chi connectivity index (χ2v) is 6.91. The fourth-order valence-electron chi connectivity index (χ4n) is 3.00. The molecule has 2 saturated heterocycles. The van der Waals surface area contributed by atoms with E-state index in [1.807, 2.05) is 25.7 Å². The van der Waals surface area contributed by atoms with Gasteiger partial charge in [0.2, 0.25) is 0 Å². The summed E-state index contributed by atoms with van der Waals surface area (Å²) in [5, 5.41) is 3.40. The Morgan fingerprint density at radius 3 is 2.53 bits per heavy atom. The van der Waals surface area contributed by atoms with Gasteiger partial charge in [-0.25, -0.2) is 4.79 Å². The van der Waals surface area contributed by atoms with E-state index in [0.717, 1.165) is 19.5 Å². The van der Waals surface area contributed by atoms with Gasteiger partial charge in [0.15, 0.2) is 0 Å². The largest absolute Gasteiger partial charge is 0.444 e. The first-order valence-corrected chi connectivity index (χ1v) is 6.43. The molecule has 2 rings (SSSR count). The summed E-state index contributed by atoms with van der Waals surface area (Å²) < 4.78 is 5.51. The van der Waals surface area contributed by atoms with Gasteiger partial charge in [0.05, 0.1) is 6.04 Å². The Hall–Kier alpha value is -0.770. The number of nitrogens with zero attached hydrogens (tertiary/aromatic N) is 1. The average Bonchev–Trinajstić information content (AvgIpc) is 2.27. The minimum absolute atomic E-state index is 0.153. The van der Waals surface area contributed by atoms with E-state index in [4.69, 9.17) is 4.74 Å². The van der Waals surface area contributed by atoms with E-state index in [0.29, 0.717) is 6.04 Å². The number of ether oxygens (including phenoxy) is 1. The maximum atomic E-state index is 12.2. The average molecular weight is 240 g/mol. The molecular formula is C13H24N2O2. The highest BCUT2D eigenvalue weighted by molar-refractivity contribution is 5.70. The Morgan fingerprint density at radius 1 is 1.35 bits per heavy atom. The van der Waals surface area contributed by atoms with Crippen LogP contribution in [0.1, 0.15) is 41.0 Å². The summed E-state index contributed by atoms with van der Waals surface area (Å²) >= 11 is 0. The van der Waals surface area contributed by atoms with Gasteiger partial charge in [-0.05, 0) is 32.6 Å². The molecule has 2 aliphatic heterocycles. The molecule has 1 N–H and O–H groups in total. The number of rotatable bonds is 0. The third kappa shape index (κ3) is 2.41. The molecule has 0 saturated carbocycles. The molecule has 0 aliphatic carbocycles. The van der Waals surface area contributed by atoms with Gasteiger partial charge < -0.3 is 10.1 Å². The normalized spacial score (nSPS) is 31.5. The van der Waals surface area contributed by atoms with Gasteiger partial charge in [-0.15, -0.1) is 0 Å². The molecule has 2 bridgehead atoms. The van der Waals surface area contributed by atoms with Crippen molar-refractivity contribution in [2.24, 2.45) is 5.41 Å². The van der Waals surface area contributed by atoms with Gasteiger partial charge in [0.25, 0.3) is 0 Å². The minimum atomic E-state index is -0.411. The van der Waals surface area contributed by atoms with E-state index in [1.165, 1.54) is 0 Å². The van der Waals surface area contributed by atoms with Crippen LogP contribution in [-0.2, 0) is 4.74 Å². The van der Waals surface area contributed by atoms with Gasteiger partial charge in [0.1, 0.15) is 5.60 Å². The number of hydrogen-bond acceptors (Lipinski definition) is 3. The van der Waals surface area contributed by atoms with Crippen molar-refractivity contribution in [3.63, 3.8) is 0 Å². The molecule has 0 spiro atoms. The number of piperazine rings is 1. The fraction of sp³-hybridized carbons (Fsp3) is 0.923. The Morgan fingerprint density at radius 2 is 2.00 bits per heavy atom. The number of carbonyl (C=O) groups is 1. The first-order valence-electron chi connectivity index (χ1n) is 6.43. The molecule has 2 aliphatic rings. The van der Waals surface area contributed by atoms with Crippen LogP contribution >= 0.6 is 0 Å². The molecule has 0 aromatic rings. The highest BCUT2D eigenvalue weighted by Crippen LogP contribution is 2.42. The molecule has 0 aromatic carbocycles. The van der Waals surface area contributed by atoms with E-state index >= 15 is 0 Å². The van der Waals surface area contributed by atoms with E-state index < -0.39 is 5.60 Å². The van der Waals surface area contributed by atoms with Crippen LogP contribution in [0.4, 0.5) is 4.79 Å². The number of nitrogens with one attached hydrogen (secondary N) is 1. The Kier molecular flexibility index (Phi) is 2.89. The number of carbonyl (C=O) groups excluding carboxylic acids is 1. The first-order chi connectivity index (χ1) is 7.71. The van der Waals surface area contributed by atoms with Crippen molar-refractivity contribution in [2.45, 2.75) is 58.7 Å². The number of hydrogen-bond donors (Lipinski definition) is 1. The fourth-order valence-corrected chi connectivity index (χ4v) is 3.00. The molecule has 2 heterocycles. The lowest BCUT2D eigenvalue weighted by molar-refractivity contribution is 0.00550. The predicted octanol–water partition coefficient (Wildman–Crippen LogP) is 1.99. The summed E-state index contributed by atoms with van der Waals surface area (Å²) in [4.78, 5) is 14.2. The lowest BCUT2D eigenvalue weighted by Crippen LogP contribution is -2.57. The number of amides is 1. The van der Waals surface area contributed by atoms with Gasteiger partial charge >= 0.3 is 6.09 Å². The third-order valence-electron chi connectivity index (χ3n) is 3.71. The van der Waals surface area contributed by atoms with Crippen LogP contribution in [0.3, 0.4) is 0 Å². The Bertz CT molecular complexity index is 320. The van der Waals surface area contributed by atoms with Crippen LogP contribution in [0.15, 0.2) is 0 Å². The molecule has 0 radical (unpaired) electrons. The predicted molar refractivity (Wildman–Crippen MR) is 66.9 cm³/mol.